The average molecular weight is 239 g/mol. The van der Waals surface area contributed by atoms with Crippen molar-refractivity contribution in [2.24, 2.45) is 16.7 Å². The maximum atomic E-state index is 12.8. The Morgan fingerprint density at radius 2 is 1.94 bits per heavy atom. The molecule has 98 valence electrons. The minimum atomic E-state index is -0.510. The summed E-state index contributed by atoms with van der Waals surface area (Å²) in [5, 5.41) is 10.4. The summed E-state index contributed by atoms with van der Waals surface area (Å²) in [6.45, 7) is 9.84. The highest BCUT2D eigenvalue weighted by atomic mass is 16.3. The van der Waals surface area contributed by atoms with Crippen molar-refractivity contribution in [3.63, 3.8) is 0 Å². The Balaban J connectivity index is 2.37. The van der Waals surface area contributed by atoms with Crippen molar-refractivity contribution in [1.82, 2.24) is 4.90 Å². The average Bonchev–Trinajstić information content (AvgIpc) is 2.64. The molecule has 1 amide bonds. The van der Waals surface area contributed by atoms with Gasteiger partial charge in [-0.3, -0.25) is 4.79 Å². The van der Waals surface area contributed by atoms with E-state index < -0.39 is 11.5 Å². The first kappa shape index (κ1) is 12.9. The van der Waals surface area contributed by atoms with Gasteiger partial charge in [0.05, 0.1) is 11.5 Å². The summed E-state index contributed by atoms with van der Waals surface area (Å²) >= 11 is 0. The Kier molecular flexibility index (Phi) is 3.01. The Morgan fingerprint density at radius 3 is 2.29 bits per heavy atom. The van der Waals surface area contributed by atoms with Crippen molar-refractivity contribution in [1.29, 1.82) is 0 Å². The standard InChI is InChI=1S/C14H25NO2/c1-5-15(6-2)12(17)14-8-7-10(9-11(14)16)13(14,3)4/h10-11,16H,5-9H2,1-4H3/t10-,11-,14+/m1/s1. The van der Waals surface area contributed by atoms with Crippen molar-refractivity contribution >= 4 is 5.91 Å². The quantitative estimate of drug-likeness (QED) is 0.819. The van der Waals surface area contributed by atoms with E-state index in [1.54, 1.807) is 0 Å². The van der Waals surface area contributed by atoms with Crippen LogP contribution in [0.5, 0.6) is 0 Å². The molecule has 3 heteroatoms. The molecule has 0 aliphatic heterocycles. The molecule has 0 aromatic rings. The van der Waals surface area contributed by atoms with E-state index in [-0.39, 0.29) is 11.3 Å². The molecule has 2 fully saturated rings. The molecule has 0 radical (unpaired) electrons. The van der Waals surface area contributed by atoms with Crippen LogP contribution in [0.2, 0.25) is 0 Å². The highest BCUT2D eigenvalue weighted by molar-refractivity contribution is 5.85. The molecule has 1 N–H and O–H groups in total. The summed E-state index contributed by atoms with van der Waals surface area (Å²) < 4.78 is 0. The van der Waals surface area contributed by atoms with Gasteiger partial charge in [-0.2, -0.15) is 0 Å². The van der Waals surface area contributed by atoms with Crippen LogP contribution < -0.4 is 0 Å². The smallest absolute Gasteiger partial charge is 0.231 e. The van der Waals surface area contributed by atoms with Crippen LogP contribution in [0.25, 0.3) is 0 Å². The SMILES string of the molecule is CCN(CC)C(=O)[C@]12CC[C@H](C[C@H]1O)C2(C)C. The summed E-state index contributed by atoms with van der Waals surface area (Å²) in [6, 6.07) is 0. The molecule has 3 atom stereocenters. The zero-order chi connectivity index (χ0) is 12.8. The van der Waals surface area contributed by atoms with Crippen LogP contribution in [0.1, 0.15) is 47.0 Å². The zero-order valence-electron chi connectivity index (χ0n) is 11.5. The van der Waals surface area contributed by atoms with E-state index in [9.17, 15) is 9.90 Å². The Morgan fingerprint density at radius 1 is 1.35 bits per heavy atom. The van der Waals surface area contributed by atoms with E-state index >= 15 is 0 Å². The van der Waals surface area contributed by atoms with Gasteiger partial charge in [0, 0.05) is 13.1 Å². The van der Waals surface area contributed by atoms with Gasteiger partial charge in [0.25, 0.3) is 0 Å². The van der Waals surface area contributed by atoms with Crippen molar-refractivity contribution in [2.45, 2.75) is 53.1 Å². The van der Waals surface area contributed by atoms with Gasteiger partial charge in [-0.15, -0.1) is 0 Å². The van der Waals surface area contributed by atoms with Gasteiger partial charge in [-0.05, 0) is 44.4 Å². The molecule has 2 aliphatic rings. The van der Waals surface area contributed by atoms with E-state index in [1.165, 1.54) is 0 Å². The maximum Gasteiger partial charge on any atom is 0.231 e. The summed E-state index contributed by atoms with van der Waals surface area (Å²) in [5.41, 5.74) is -0.560. The Hall–Kier alpha value is -0.570. The third-order valence-electron chi connectivity index (χ3n) is 5.57. The lowest BCUT2D eigenvalue weighted by molar-refractivity contribution is -0.154. The molecular weight excluding hydrogens is 214 g/mol. The molecule has 2 rings (SSSR count). The van der Waals surface area contributed by atoms with Gasteiger partial charge >= 0.3 is 0 Å². The second kappa shape index (κ2) is 3.98. The summed E-state index contributed by atoms with van der Waals surface area (Å²) in [4.78, 5) is 14.7. The highest BCUT2D eigenvalue weighted by Gasteiger charge is 2.68. The van der Waals surface area contributed by atoms with E-state index in [4.69, 9.17) is 0 Å². The number of hydrogen-bond donors (Lipinski definition) is 1. The van der Waals surface area contributed by atoms with Crippen LogP contribution in [0.3, 0.4) is 0 Å². The number of carbonyl (C=O) groups is 1. The van der Waals surface area contributed by atoms with Crippen LogP contribution >= 0.6 is 0 Å². The molecule has 3 nitrogen and oxygen atoms in total. The first-order valence-corrected chi connectivity index (χ1v) is 6.89. The summed E-state index contributed by atoms with van der Waals surface area (Å²) in [6.07, 6.45) is 2.32. The van der Waals surface area contributed by atoms with Crippen molar-refractivity contribution in [3.8, 4) is 0 Å². The van der Waals surface area contributed by atoms with Crippen molar-refractivity contribution in [2.75, 3.05) is 13.1 Å². The lowest BCUT2D eigenvalue weighted by Crippen LogP contribution is -2.52. The predicted molar refractivity (Wildman–Crippen MR) is 67.5 cm³/mol. The van der Waals surface area contributed by atoms with E-state index in [2.05, 4.69) is 13.8 Å². The number of amides is 1. The number of fused-ring (bicyclic) bond motifs is 2. The van der Waals surface area contributed by atoms with E-state index in [0.717, 1.165) is 32.4 Å². The number of nitrogens with zero attached hydrogens (tertiary/aromatic N) is 1. The van der Waals surface area contributed by atoms with Crippen LogP contribution in [0.15, 0.2) is 0 Å². The first-order valence-electron chi connectivity index (χ1n) is 6.89. The largest absolute Gasteiger partial charge is 0.392 e. The third kappa shape index (κ3) is 1.41. The molecule has 2 saturated carbocycles. The molecule has 0 aromatic carbocycles. The highest BCUT2D eigenvalue weighted by Crippen LogP contribution is 2.66. The molecule has 2 aliphatic carbocycles. The Labute approximate surface area is 104 Å². The van der Waals surface area contributed by atoms with Gasteiger partial charge < -0.3 is 10.0 Å². The van der Waals surface area contributed by atoms with Crippen LogP contribution in [-0.2, 0) is 4.79 Å². The topological polar surface area (TPSA) is 40.5 Å². The van der Waals surface area contributed by atoms with Gasteiger partial charge in [-0.25, -0.2) is 0 Å². The molecule has 0 unspecified atom stereocenters. The van der Waals surface area contributed by atoms with Crippen molar-refractivity contribution in [3.05, 3.63) is 0 Å². The molecule has 17 heavy (non-hydrogen) atoms. The van der Waals surface area contributed by atoms with Crippen LogP contribution in [-0.4, -0.2) is 35.1 Å². The zero-order valence-corrected chi connectivity index (χ0v) is 11.5. The van der Waals surface area contributed by atoms with Crippen LogP contribution in [0, 0.1) is 16.7 Å². The fourth-order valence-corrected chi connectivity index (χ4v) is 4.25. The normalized spacial score (nSPS) is 38.4. The monoisotopic (exact) mass is 239 g/mol. The van der Waals surface area contributed by atoms with E-state index in [0.29, 0.717) is 5.92 Å². The van der Waals surface area contributed by atoms with Gasteiger partial charge in [0.2, 0.25) is 5.91 Å². The fraction of sp³-hybridized carbons (Fsp3) is 0.929. The van der Waals surface area contributed by atoms with Gasteiger partial charge in [-0.1, -0.05) is 13.8 Å². The van der Waals surface area contributed by atoms with Gasteiger partial charge in [0.1, 0.15) is 0 Å². The molecular formula is C14H25NO2. The minimum Gasteiger partial charge on any atom is -0.392 e. The number of aliphatic hydroxyl groups is 1. The first-order chi connectivity index (χ1) is 7.91. The number of rotatable bonds is 3. The lowest BCUT2D eigenvalue weighted by Gasteiger charge is -2.42. The number of carbonyl (C=O) groups excluding carboxylic acids is 1. The maximum absolute atomic E-state index is 12.8. The molecule has 0 aromatic heterocycles. The molecule has 0 spiro atoms. The predicted octanol–water partition coefficient (Wildman–Crippen LogP) is 2.04. The minimum absolute atomic E-state index is 0.0495. The molecule has 0 saturated heterocycles. The third-order valence-corrected chi connectivity index (χ3v) is 5.57. The molecule has 2 bridgehead atoms. The second-order valence-corrected chi connectivity index (χ2v) is 6.16. The second-order valence-electron chi connectivity index (χ2n) is 6.16. The summed E-state index contributed by atoms with van der Waals surface area (Å²) in [7, 11) is 0. The summed E-state index contributed by atoms with van der Waals surface area (Å²) in [5.74, 6) is 0.692. The molecule has 0 heterocycles. The Bertz CT molecular complexity index is 322. The van der Waals surface area contributed by atoms with Crippen molar-refractivity contribution < 1.29 is 9.90 Å². The lowest BCUT2D eigenvalue weighted by atomic mass is 9.67. The van der Waals surface area contributed by atoms with Crippen LogP contribution in [0.4, 0.5) is 0 Å². The number of aliphatic hydroxyl groups excluding tert-OH is 1. The van der Waals surface area contributed by atoms with E-state index in [1.807, 2.05) is 18.7 Å². The fourth-order valence-electron chi connectivity index (χ4n) is 4.25. The number of hydrogen-bond acceptors (Lipinski definition) is 2. The van der Waals surface area contributed by atoms with Gasteiger partial charge in [0.15, 0.2) is 0 Å².